The number of aliphatic hydroxyl groups excluding tert-OH is 1. The maximum atomic E-state index is 12.1. The first kappa shape index (κ1) is 16.9. The standard InChI is InChI=1S/C14H20N2O5/c1-3-4-9-7-10(5-6-12(9)21-2)13(18)15-11(8-17)14(19)16-20/h5-7,11,17,20H,3-4,8H2,1-2H3,(H,15,18)(H,16,19). The summed E-state index contributed by atoms with van der Waals surface area (Å²) in [6.07, 6.45) is 1.65. The highest BCUT2D eigenvalue weighted by molar-refractivity contribution is 5.97. The van der Waals surface area contributed by atoms with Gasteiger partial charge in [0, 0.05) is 5.56 Å². The van der Waals surface area contributed by atoms with Gasteiger partial charge in [-0.25, -0.2) is 5.48 Å². The monoisotopic (exact) mass is 296 g/mol. The number of carbonyl (C=O) groups is 2. The summed E-state index contributed by atoms with van der Waals surface area (Å²) in [5.74, 6) is -0.703. The van der Waals surface area contributed by atoms with Crippen molar-refractivity contribution in [3.8, 4) is 5.75 Å². The van der Waals surface area contributed by atoms with Crippen molar-refractivity contribution in [2.75, 3.05) is 13.7 Å². The number of ether oxygens (including phenoxy) is 1. The molecule has 0 bridgehead atoms. The van der Waals surface area contributed by atoms with E-state index in [0.29, 0.717) is 11.3 Å². The second-order valence-corrected chi connectivity index (χ2v) is 4.46. The molecule has 0 aliphatic rings. The molecule has 0 fully saturated rings. The molecule has 1 aromatic carbocycles. The minimum atomic E-state index is -1.21. The van der Waals surface area contributed by atoms with E-state index in [9.17, 15) is 9.59 Å². The van der Waals surface area contributed by atoms with Crippen LogP contribution >= 0.6 is 0 Å². The van der Waals surface area contributed by atoms with Crippen molar-refractivity contribution in [1.29, 1.82) is 0 Å². The molecule has 116 valence electrons. The third kappa shape index (κ3) is 4.44. The molecule has 1 atom stereocenters. The van der Waals surface area contributed by atoms with Gasteiger partial charge < -0.3 is 15.2 Å². The van der Waals surface area contributed by atoms with Gasteiger partial charge in [0.2, 0.25) is 0 Å². The Kier molecular flexibility index (Phi) is 6.64. The Morgan fingerprint density at radius 2 is 2.10 bits per heavy atom. The molecule has 0 aliphatic carbocycles. The Bertz CT molecular complexity index is 504. The van der Waals surface area contributed by atoms with Crippen LogP contribution in [0.5, 0.6) is 5.75 Å². The van der Waals surface area contributed by atoms with Crippen LogP contribution in [0.3, 0.4) is 0 Å². The maximum absolute atomic E-state index is 12.1. The molecule has 7 heteroatoms. The van der Waals surface area contributed by atoms with Crippen LogP contribution in [-0.2, 0) is 11.2 Å². The van der Waals surface area contributed by atoms with Gasteiger partial charge >= 0.3 is 0 Å². The average molecular weight is 296 g/mol. The molecule has 0 aliphatic heterocycles. The lowest BCUT2D eigenvalue weighted by molar-refractivity contribution is -0.132. The van der Waals surface area contributed by atoms with Crippen molar-refractivity contribution in [1.82, 2.24) is 10.8 Å². The number of aliphatic hydroxyl groups is 1. The highest BCUT2D eigenvalue weighted by atomic mass is 16.5. The normalized spacial score (nSPS) is 11.6. The second kappa shape index (κ2) is 8.23. The van der Waals surface area contributed by atoms with Crippen molar-refractivity contribution in [2.24, 2.45) is 0 Å². The van der Waals surface area contributed by atoms with E-state index < -0.39 is 24.5 Å². The molecule has 1 unspecified atom stereocenters. The zero-order chi connectivity index (χ0) is 15.8. The van der Waals surface area contributed by atoms with Gasteiger partial charge in [0.25, 0.3) is 11.8 Å². The van der Waals surface area contributed by atoms with Crippen molar-refractivity contribution < 1.29 is 24.6 Å². The van der Waals surface area contributed by atoms with Gasteiger partial charge in [0.15, 0.2) is 0 Å². The molecule has 1 aromatic rings. The minimum absolute atomic E-state index is 0.350. The van der Waals surface area contributed by atoms with Gasteiger partial charge in [-0.1, -0.05) is 13.3 Å². The Morgan fingerprint density at radius 3 is 2.62 bits per heavy atom. The Labute approximate surface area is 122 Å². The topological polar surface area (TPSA) is 108 Å². The van der Waals surface area contributed by atoms with E-state index >= 15 is 0 Å². The van der Waals surface area contributed by atoms with Crippen LogP contribution in [0.15, 0.2) is 18.2 Å². The lowest BCUT2D eigenvalue weighted by atomic mass is 10.0. The third-order valence-electron chi connectivity index (χ3n) is 2.98. The fourth-order valence-electron chi connectivity index (χ4n) is 1.90. The van der Waals surface area contributed by atoms with Crippen molar-refractivity contribution in [3.05, 3.63) is 29.3 Å². The number of amides is 2. The number of aryl methyl sites for hydroxylation is 1. The first-order valence-electron chi connectivity index (χ1n) is 6.59. The van der Waals surface area contributed by atoms with Gasteiger partial charge in [-0.2, -0.15) is 0 Å². The zero-order valence-corrected chi connectivity index (χ0v) is 12.0. The summed E-state index contributed by atoms with van der Waals surface area (Å²) in [6.45, 7) is 1.40. The summed E-state index contributed by atoms with van der Waals surface area (Å²) >= 11 is 0. The Balaban J connectivity index is 2.91. The third-order valence-corrected chi connectivity index (χ3v) is 2.98. The first-order valence-corrected chi connectivity index (χ1v) is 6.59. The van der Waals surface area contributed by atoms with E-state index in [4.69, 9.17) is 15.1 Å². The predicted molar refractivity (Wildman–Crippen MR) is 75.3 cm³/mol. The summed E-state index contributed by atoms with van der Waals surface area (Å²) in [4.78, 5) is 23.3. The summed E-state index contributed by atoms with van der Waals surface area (Å²) in [7, 11) is 1.56. The van der Waals surface area contributed by atoms with Crippen LogP contribution in [0.25, 0.3) is 0 Å². The summed E-state index contributed by atoms with van der Waals surface area (Å²) in [5.41, 5.74) is 2.63. The lowest BCUT2D eigenvalue weighted by Gasteiger charge is -2.15. The van der Waals surface area contributed by atoms with Crippen molar-refractivity contribution in [2.45, 2.75) is 25.8 Å². The molecule has 0 saturated carbocycles. The van der Waals surface area contributed by atoms with Crippen LogP contribution in [-0.4, -0.2) is 41.9 Å². The minimum Gasteiger partial charge on any atom is -0.496 e. The van der Waals surface area contributed by atoms with Crippen LogP contribution in [0, 0.1) is 0 Å². The highest BCUT2D eigenvalue weighted by Crippen LogP contribution is 2.21. The van der Waals surface area contributed by atoms with Crippen molar-refractivity contribution in [3.63, 3.8) is 0 Å². The molecular formula is C14H20N2O5. The molecule has 0 radical (unpaired) electrons. The fourth-order valence-corrected chi connectivity index (χ4v) is 1.90. The van der Waals surface area contributed by atoms with E-state index in [0.717, 1.165) is 18.4 Å². The van der Waals surface area contributed by atoms with Crippen LogP contribution in [0.4, 0.5) is 0 Å². The Hall–Kier alpha value is -2.12. The van der Waals surface area contributed by atoms with E-state index in [-0.39, 0.29) is 0 Å². The molecule has 21 heavy (non-hydrogen) atoms. The van der Waals surface area contributed by atoms with Crippen LogP contribution in [0.1, 0.15) is 29.3 Å². The lowest BCUT2D eigenvalue weighted by Crippen LogP contribution is -2.48. The van der Waals surface area contributed by atoms with Crippen LogP contribution < -0.4 is 15.5 Å². The largest absolute Gasteiger partial charge is 0.496 e. The number of nitrogens with one attached hydrogen (secondary N) is 2. The molecule has 0 aromatic heterocycles. The molecule has 2 amide bonds. The van der Waals surface area contributed by atoms with Gasteiger partial charge in [-0.3, -0.25) is 14.8 Å². The Morgan fingerprint density at radius 1 is 1.38 bits per heavy atom. The summed E-state index contributed by atoms with van der Waals surface area (Å²) in [6, 6.07) is 3.72. The van der Waals surface area contributed by atoms with E-state index in [1.807, 2.05) is 6.92 Å². The molecule has 0 spiro atoms. The number of rotatable bonds is 7. The average Bonchev–Trinajstić information content (AvgIpc) is 2.51. The molecule has 4 N–H and O–H groups in total. The molecular weight excluding hydrogens is 276 g/mol. The summed E-state index contributed by atoms with van der Waals surface area (Å²) in [5, 5.41) is 19.9. The number of hydrogen-bond acceptors (Lipinski definition) is 5. The number of carbonyl (C=O) groups excluding carboxylic acids is 2. The van der Waals surface area contributed by atoms with Gasteiger partial charge in [-0.05, 0) is 30.2 Å². The second-order valence-electron chi connectivity index (χ2n) is 4.46. The SMILES string of the molecule is CCCc1cc(C(=O)NC(CO)C(=O)NO)ccc1OC. The predicted octanol–water partition coefficient (Wildman–Crippen LogP) is 0.244. The maximum Gasteiger partial charge on any atom is 0.268 e. The molecule has 7 nitrogen and oxygen atoms in total. The fraction of sp³-hybridized carbons (Fsp3) is 0.429. The van der Waals surface area contributed by atoms with Crippen molar-refractivity contribution >= 4 is 11.8 Å². The van der Waals surface area contributed by atoms with E-state index in [1.165, 1.54) is 5.48 Å². The smallest absolute Gasteiger partial charge is 0.268 e. The number of hydroxylamine groups is 1. The van der Waals surface area contributed by atoms with Crippen LogP contribution in [0.2, 0.25) is 0 Å². The molecule has 0 heterocycles. The molecule has 0 saturated heterocycles. The number of benzene rings is 1. The molecule has 1 rings (SSSR count). The summed E-state index contributed by atoms with van der Waals surface area (Å²) < 4.78 is 5.22. The van der Waals surface area contributed by atoms with E-state index in [2.05, 4.69) is 5.32 Å². The quantitative estimate of drug-likeness (QED) is 0.426. The number of methoxy groups -OCH3 is 1. The zero-order valence-electron chi connectivity index (χ0n) is 12.0. The highest BCUT2D eigenvalue weighted by Gasteiger charge is 2.20. The van der Waals surface area contributed by atoms with Gasteiger partial charge in [0.05, 0.1) is 13.7 Å². The van der Waals surface area contributed by atoms with Gasteiger partial charge in [0.1, 0.15) is 11.8 Å². The first-order chi connectivity index (χ1) is 10.1. The van der Waals surface area contributed by atoms with E-state index in [1.54, 1.807) is 25.3 Å². The van der Waals surface area contributed by atoms with Gasteiger partial charge in [-0.15, -0.1) is 0 Å². The number of hydrogen-bond donors (Lipinski definition) is 4.